The molecule has 0 saturated carbocycles. The van der Waals surface area contributed by atoms with E-state index in [1.54, 1.807) is 12.4 Å². The van der Waals surface area contributed by atoms with E-state index in [0.29, 0.717) is 11.8 Å². The molecule has 6 heteroatoms. The van der Waals surface area contributed by atoms with Gasteiger partial charge in [0.25, 0.3) is 0 Å². The number of hydrogen-bond acceptors (Lipinski definition) is 5. The maximum Gasteiger partial charge on any atom is 0.225 e. The lowest BCUT2D eigenvalue weighted by Crippen LogP contribution is -2.46. The molecule has 1 amide bonds. The van der Waals surface area contributed by atoms with Crippen LogP contribution < -0.4 is 9.80 Å². The minimum absolute atomic E-state index is 0.159. The van der Waals surface area contributed by atoms with Crippen LogP contribution in [0.1, 0.15) is 31.2 Å². The zero-order valence-electron chi connectivity index (χ0n) is 17.6. The molecule has 2 aromatic rings. The van der Waals surface area contributed by atoms with Gasteiger partial charge in [-0.3, -0.25) is 4.79 Å². The summed E-state index contributed by atoms with van der Waals surface area (Å²) in [7, 11) is 0. The Balaban J connectivity index is 1.09. The number of amides is 1. The van der Waals surface area contributed by atoms with Gasteiger partial charge in [-0.1, -0.05) is 18.2 Å². The van der Waals surface area contributed by atoms with Crippen molar-refractivity contribution >= 4 is 17.5 Å². The van der Waals surface area contributed by atoms with Crippen molar-refractivity contribution in [1.82, 2.24) is 14.9 Å². The Hall–Kier alpha value is -2.63. The minimum Gasteiger partial charge on any atom is -0.371 e. The molecule has 0 unspecified atom stereocenters. The topological polar surface area (TPSA) is 52.6 Å². The van der Waals surface area contributed by atoms with E-state index in [1.807, 2.05) is 6.07 Å². The van der Waals surface area contributed by atoms with Crippen LogP contribution in [0, 0.1) is 11.8 Å². The lowest BCUT2D eigenvalue weighted by molar-refractivity contribution is -0.137. The monoisotopic (exact) mass is 405 g/mol. The molecule has 1 aromatic carbocycles. The van der Waals surface area contributed by atoms with Crippen LogP contribution in [0.3, 0.4) is 0 Å². The van der Waals surface area contributed by atoms with Crippen molar-refractivity contribution in [2.45, 2.75) is 32.1 Å². The third-order valence-corrected chi connectivity index (χ3v) is 7.07. The first-order chi connectivity index (χ1) is 14.8. The van der Waals surface area contributed by atoms with Crippen molar-refractivity contribution in [2.24, 2.45) is 11.8 Å². The molecule has 6 nitrogen and oxygen atoms in total. The van der Waals surface area contributed by atoms with Crippen LogP contribution in [-0.2, 0) is 11.2 Å². The summed E-state index contributed by atoms with van der Waals surface area (Å²) in [4.78, 5) is 28.6. The third kappa shape index (κ3) is 4.00. The van der Waals surface area contributed by atoms with Gasteiger partial charge in [0.1, 0.15) is 0 Å². The van der Waals surface area contributed by atoms with E-state index in [0.717, 1.165) is 70.9 Å². The van der Waals surface area contributed by atoms with Gasteiger partial charge in [-0.2, -0.15) is 0 Å². The van der Waals surface area contributed by atoms with Crippen molar-refractivity contribution in [1.29, 1.82) is 0 Å². The summed E-state index contributed by atoms with van der Waals surface area (Å²) in [5.41, 5.74) is 2.91. The fourth-order valence-corrected chi connectivity index (χ4v) is 5.28. The maximum atomic E-state index is 13.1. The van der Waals surface area contributed by atoms with E-state index < -0.39 is 0 Å². The van der Waals surface area contributed by atoms with Crippen molar-refractivity contribution < 1.29 is 4.79 Å². The zero-order chi connectivity index (χ0) is 20.3. The second kappa shape index (κ2) is 8.62. The Bertz CT molecular complexity index is 857. The highest BCUT2D eigenvalue weighted by Gasteiger charge is 2.32. The first-order valence-electron chi connectivity index (χ1n) is 11.4. The normalized spacial score (nSPS) is 20.5. The first-order valence-corrected chi connectivity index (χ1v) is 11.4. The molecule has 0 atom stereocenters. The van der Waals surface area contributed by atoms with Crippen molar-refractivity contribution in [3.63, 3.8) is 0 Å². The fraction of sp³-hybridized carbons (Fsp3) is 0.542. The number of piperidine rings is 2. The average Bonchev–Trinajstić information content (AvgIpc) is 3.23. The molecule has 1 aromatic heterocycles. The predicted molar refractivity (Wildman–Crippen MR) is 119 cm³/mol. The lowest BCUT2D eigenvalue weighted by atomic mass is 9.92. The van der Waals surface area contributed by atoms with Crippen molar-refractivity contribution in [3.8, 4) is 0 Å². The third-order valence-electron chi connectivity index (χ3n) is 7.07. The molecule has 0 radical (unpaired) electrons. The number of nitrogens with zero attached hydrogens (tertiary/aromatic N) is 5. The molecule has 0 N–H and O–H groups in total. The highest BCUT2D eigenvalue weighted by molar-refractivity contribution is 5.79. The van der Waals surface area contributed by atoms with E-state index in [9.17, 15) is 4.79 Å². The molecule has 30 heavy (non-hydrogen) atoms. The van der Waals surface area contributed by atoms with E-state index in [1.165, 1.54) is 17.7 Å². The second-order valence-corrected chi connectivity index (χ2v) is 8.90. The number of likely N-dealkylation sites (tertiary alicyclic amines) is 1. The van der Waals surface area contributed by atoms with Crippen LogP contribution in [-0.4, -0.2) is 60.0 Å². The zero-order valence-corrected chi connectivity index (χ0v) is 17.6. The Morgan fingerprint density at radius 3 is 2.40 bits per heavy atom. The van der Waals surface area contributed by atoms with Crippen LogP contribution in [0.15, 0.2) is 42.7 Å². The number of para-hydroxylation sites is 1. The number of carbonyl (C=O) groups excluding carboxylic acids is 1. The summed E-state index contributed by atoms with van der Waals surface area (Å²) in [5.74, 6) is 2.01. The fourth-order valence-electron chi connectivity index (χ4n) is 5.28. The van der Waals surface area contributed by atoms with Crippen LogP contribution in [0.5, 0.6) is 0 Å². The lowest BCUT2D eigenvalue weighted by Gasteiger charge is -2.38. The van der Waals surface area contributed by atoms with Crippen LogP contribution in [0.4, 0.5) is 11.6 Å². The number of carbonyl (C=O) groups is 1. The molecule has 0 aliphatic carbocycles. The van der Waals surface area contributed by atoms with Gasteiger partial charge in [-0.15, -0.1) is 0 Å². The number of benzene rings is 1. The smallest absolute Gasteiger partial charge is 0.225 e. The van der Waals surface area contributed by atoms with Gasteiger partial charge in [0.2, 0.25) is 11.9 Å². The van der Waals surface area contributed by atoms with E-state index >= 15 is 0 Å². The van der Waals surface area contributed by atoms with Crippen LogP contribution in [0.25, 0.3) is 0 Å². The Morgan fingerprint density at radius 1 is 0.900 bits per heavy atom. The van der Waals surface area contributed by atoms with Crippen molar-refractivity contribution in [2.75, 3.05) is 49.1 Å². The summed E-state index contributed by atoms with van der Waals surface area (Å²) >= 11 is 0. The van der Waals surface area contributed by atoms with Crippen molar-refractivity contribution in [3.05, 3.63) is 48.3 Å². The number of fused-ring (bicyclic) bond motifs is 1. The number of aromatic nitrogens is 2. The highest BCUT2D eigenvalue weighted by atomic mass is 16.2. The number of hydrogen-bond donors (Lipinski definition) is 0. The summed E-state index contributed by atoms with van der Waals surface area (Å²) < 4.78 is 0. The second-order valence-electron chi connectivity index (χ2n) is 8.90. The van der Waals surface area contributed by atoms with Gasteiger partial charge in [-0.25, -0.2) is 9.97 Å². The van der Waals surface area contributed by atoms with Gasteiger partial charge in [0.05, 0.1) is 0 Å². The largest absolute Gasteiger partial charge is 0.371 e. The first kappa shape index (κ1) is 19.3. The molecule has 3 aliphatic heterocycles. The molecule has 0 spiro atoms. The quantitative estimate of drug-likeness (QED) is 0.783. The summed E-state index contributed by atoms with van der Waals surface area (Å²) in [6.45, 7) is 5.84. The average molecular weight is 406 g/mol. The number of anilines is 2. The minimum atomic E-state index is 0.159. The Kier molecular flexibility index (Phi) is 5.56. The van der Waals surface area contributed by atoms with Gasteiger partial charge in [0.15, 0.2) is 0 Å². The van der Waals surface area contributed by atoms with Gasteiger partial charge >= 0.3 is 0 Å². The number of rotatable bonds is 4. The maximum absolute atomic E-state index is 13.1. The molecule has 2 saturated heterocycles. The van der Waals surface area contributed by atoms with E-state index in [2.05, 4.69) is 48.9 Å². The summed E-state index contributed by atoms with van der Waals surface area (Å²) in [6.07, 6.45) is 8.79. The van der Waals surface area contributed by atoms with Crippen LogP contribution in [0.2, 0.25) is 0 Å². The molecular formula is C24H31N5O. The Labute approximate surface area is 178 Å². The SMILES string of the molecule is O=C(C1CCN(c2ncccn2)CC1)N1CCC(CN2CCc3ccccc32)CC1. The predicted octanol–water partition coefficient (Wildman–Crippen LogP) is 2.99. The van der Waals surface area contributed by atoms with Gasteiger partial charge in [-0.05, 0) is 55.7 Å². The summed E-state index contributed by atoms with van der Waals surface area (Å²) in [5, 5.41) is 0. The highest BCUT2D eigenvalue weighted by Crippen LogP contribution is 2.31. The molecule has 2 fully saturated rings. The standard InChI is InChI=1S/C24H31N5O/c30-23(21-9-15-28(16-10-21)24-25-11-3-12-26-24)27-13-6-19(7-14-27)18-29-17-8-20-4-1-2-5-22(20)29/h1-5,11-12,19,21H,6-10,13-18H2. The molecule has 158 valence electrons. The summed E-state index contributed by atoms with van der Waals surface area (Å²) in [6, 6.07) is 10.6. The molecule has 0 bridgehead atoms. The molecule has 3 aliphatic rings. The molecule has 5 rings (SSSR count). The Morgan fingerprint density at radius 2 is 1.63 bits per heavy atom. The molecular weight excluding hydrogens is 374 g/mol. The van der Waals surface area contributed by atoms with Gasteiger partial charge < -0.3 is 14.7 Å². The van der Waals surface area contributed by atoms with Crippen LogP contribution >= 0.6 is 0 Å². The van der Waals surface area contributed by atoms with Gasteiger partial charge in [0, 0.05) is 63.3 Å². The van der Waals surface area contributed by atoms with E-state index in [4.69, 9.17) is 0 Å². The molecule has 4 heterocycles. The van der Waals surface area contributed by atoms with E-state index in [-0.39, 0.29) is 5.92 Å².